The van der Waals surface area contributed by atoms with Gasteiger partial charge in [0.15, 0.2) is 18.9 Å². The summed E-state index contributed by atoms with van der Waals surface area (Å²) in [5, 5.41) is 145. The molecule has 0 aliphatic carbocycles. The Morgan fingerprint density at radius 3 is 1.86 bits per heavy atom. The first-order valence-corrected chi connectivity index (χ1v) is 24.3. The van der Waals surface area contributed by atoms with E-state index in [9.17, 15) is 85.6 Å². The lowest BCUT2D eigenvalue weighted by Crippen LogP contribution is -2.71. The molecule has 1 aromatic carbocycles. The van der Waals surface area contributed by atoms with Crippen molar-refractivity contribution in [3.8, 4) is 0 Å². The molecular weight excluding hydrogens is 996 g/mol. The van der Waals surface area contributed by atoms with E-state index in [1.807, 2.05) is 0 Å². The van der Waals surface area contributed by atoms with Crippen molar-refractivity contribution in [1.29, 1.82) is 0 Å². The van der Waals surface area contributed by atoms with E-state index in [4.69, 9.17) is 37.9 Å². The summed E-state index contributed by atoms with van der Waals surface area (Å²) in [5.41, 5.74) is 0.0862. The second-order valence-corrected chi connectivity index (χ2v) is 18.5. The molecule has 74 heavy (non-hydrogen) atoms. The highest BCUT2D eigenvalue weighted by atomic mass is 16.8. The monoisotopic (exact) mass is 1070 g/mol. The fourth-order valence-corrected chi connectivity index (χ4v) is 9.14. The number of ether oxygens (including phenoxy) is 9. The minimum atomic E-state index is -3.17. The van der Waals surface area contributed by atoms with E-state index in [0.29, 0.717) is 19.3 Å². The second kappa shape index (κ2) is 28.6. The molecule has 28 heteroatoms. The van der Waals surface area contributed by atoms with E-state index >= 15 is 0 Å². The van der Waals surface area contributed by atoms with Crippen molar-refractivity contribution < 1.29 is 128 Å². The fourth-order valence-electron chi connectivity index (χ4n) is 9.14. The van der Waals surface area contributed by atoms with Crippen LogP contribution in [0.1, 0.15) is 68.6 Å². The number of esters is 1. The molecule has 4 saturated heterocycles. The van der Waals surface area contributed by atoms with Gasteiger partial charge in [0.2, 0.25) is 5.91 Å². The molecule has 15 N–H and O–H groups in total. The summed E-state index contributed by atoms with van der Waals surface area (Å²) in [6.07, 6.45) is -32.3. The average molecular weight is 1070 g/mol. The van der Waals surface area contributed by atoms with Gasteiger partial charge in [0.25, 0.3) is 11.7 Å². The summed E-state index contributed by atoms with van der Waals surface area (Å²) in [4.78, 5) is 50.9. The molecule has 0 saturated carbocycles. The van der Waals surface area contributed by atoms with Crippen LogP contribution in [0.5, 0.6) is 0 Å². The first-order valence-electron chi connectivity index (χ1n) is 24.3. The third-order valence-corrected chi connectivity index (χ3v) is 13.2. The lowest BCUT2D eigenvalue weighted by atomic mass is 9.88. The predicted molar refractivity (Wildman–Crippen MR) is 242 cm³/mol. The lowest BCUT2D eigenvalue weighted by Gasteiger charge is -2.52. The standard InChI is InChI=1S/C46H72N2O26/c1-21(53)47-29-23(54)16-46(45(64)65,73-38(29)31(57)24(55)17-49)74-40-33(59)26(19-51)69-44(36(40)62)72-39-30(48-41(63)22-12-8-7-9-13-22)42(67-15-11-6-4-3-5-10-14-28(56)66-2)70-27(20-52)37(39)71-43-35(61)34(60)32(58)25(18-50)68-43/h7-9,12-13,23-27,29-40,42-44,49-52,54-55,57-62H,3-6,10-11,14-20H2,1-2H3,(H,47,53)(H,48,63)(H,64,65)/t23?,24?,25?,26?,27?,29-,30?,31?,32-,33-,34?,35?,36?,37+,38?,39?,40?,42-,43?,44?,46+/m1/s1. The molecule has 5 rings (SSSR count). The number of nitrogens with one attached hydrogen (secondary N) is 2. The van der Waals surface area contributed by atoms with Gasteiger partial charge in [-0.2, -0.15) is 0 Å². The van der Waals surface area contributed by atoms with Gasteiger partial charge in [-0.1, -0.05) is 43.9 Å². The number of unbranched alkanes of at least 4 members (excludes halogenated alkanes) is 5. The average Bonchev–Trinajstić information content (AvgIpc) is 3.39. The van der Waals surface area contributed by atoms with Crippen LogP contribution in [-0.2, 0) is 57.0 Å². The number of aliphatic carboxylic acids is 1. The number of aliphatic hydroxyl groups is 12. The first-order chi connectivity index (χ1) is 35.2. The van der Waals surface area contributed by atoms with Gasteiger partial charge < -0.3 is 120 Å². The number of carbonyl (C=O) groups is 4. The molecule has 2 amide bonds. The van der Waals surface area contributed by atoms with E-state index in [1.54, 1.807) is 18.2 Å². The van der Waals surface area contributed by atoms with Gasteiger partial charge in [-0.3, -0.25) is 14.4 Å². The highest BCUT2D eigenvalue weighted by molar-refractivity contribution is 5.94. The Morgan fingerprint density at radius 1 is 0.689 bits per heavy atom. The van der Waals surface area contributed by atoms with Crippen LogP contribution in [0.15, 0.2) is 30.3 Å². The fraction of sp³-hybridized carbons (Fsp3) is 0.783. The number of hydrogen-bond donors (Lipinski definition) is 15. The van der Waals surface area contributed by atoms with Gasteiger partial charge in [0, 0.05) is 31.9 Å². The molecule has 0 spiro atoms. The number of aliphatic hydroxyl groups excluding tert-OH is 12. The Bertz CT molecular complexity index is 1910. The third kappa shape index (κ3) is 15.1. The Labute approximate surface area is 424 Å². The molecular formula is C46H72N2O26. The number of rotatable bonds is 26. The zero-order chi connectivity index (χ0) is 54.4. The summed E-state index contributed by atoms with van der Waals surface area (Å²) in [5.74, 6) is -7.11. The molecule has 4 fully saturated rings. The highest BCUT2D eigenvalue weighted by Gasteiger charge is 2.61. The van der Waals surface area contributed by atoms with Crippen LogP contribution in [-0.4, -0.2) is 259 Å². The number of hydrogen-bond acceptors (Lipinski definition) is 25. The Kier molecular flexibility index (Phi) is 23.6. The van der Waals surface area contributed by atoms with Crippen molar-refractivity contribution >= 4 is 23.8 Å². The van der Waals surface area contributed by atoms with Crippen molar-refractivity contribution in [1.82, 2.24) is 10.6 Å². The number of methoxy groups -OCH3 is 1. The molecule has 4 heterocycles. The number of carbonyl (C=O) groups excluding carboxylic acids is 3. The first kappa shape index (κ1) is 61.2. The van der Waals surface area contributed by atoms with Crippen molar-refractivity contribution in [3.05, 3.63) is 35.9 Å². The van der Waals surface area contributed by atoms with E-state index in [1.165, 1.54) is 19.2 Å². The van der Waals surface area contributed by atoms with Crippen LogP contribution in [0.25, 0.3) is 0 Å². The number of benzene rings is 1. The topological polar surface area (TPSA) is 438 Å². The Balaban J connectivity index is 1.53. The number of carboxylic acid groups (broad SMARTS) is 1. The molecule has 21 atom stereocenters. The van der Waals surface area contributed by atoms with Crippen LogP contribution in [0.4, 0.5) is 0 Å². The van der Waals surface area contributed by atoms with Crippen LogP contribution in [0.3, 0.4) is 0 Å². The van der Waals surface area contributed by atoms with Crippen molar-refractivity contribution in [2.45, 2.75) is 187 Å². The lowest BCUT2D eigenvalue weighted by molar-refractivity contribution is -0.391. The SMILES string of the molecule is COC(=O)CCCCCCCCO[C@@H]1OC(CO)[C@H](OC2OC(CO)[C@@H](O)C(O)C2O)C(OC2OC(CO)[C@@H](O)C(O[C@]3(C(=O)O)CC(O)[C@@H](NC(C)=O)C(C(O)C(O)CO)O3)C2O)C1NC(=O)c1ccccc1. The van der Waals surface area contributed by atoms with E-state index in [0.717, 1.165) is 26.2 Å². The highest BCUT2D eigenvalue weighted by Crippen LogP contribution is 2.39. The number of carboxylic acids is 1. The minimum Gasteiger partial charge on any atom is -0.477 e. The molecule has 0 aromatic heterocycles. The van der Waals surface area contributed by atoms with Crippen LogP contribution in [0, 0.1) is 0 Å². The molecule has 4 aliphatic heterocycles. The van der Waals surface area contributed by atoms with Crippen LogP contribution < -0.4 is 10.6 Å². The van der Waals surface area contributed by atoms with E-state index < -0.39 is 179 Å². The largest absolute Gasteiger partial charge is 0.477 e. The van der Waals surface area contributed by atoms with Crippen LogP contribution in [0.2, 0.25) is 0 Å². The summed E-state index contributed by atoms with van der Waals surface area (Å²) in [6, 6.07) is 4.40. The third-order valence-electron chi connectivity index (χ3n) is 13.2. The number of amides is 2. The molecule has 28 nitrogen and oxygen atoms in total. The van der Waals surface area contributed by atoms with Crippen molar-refractivity contribution in [2.24, 2.45) is 0 Å². The predicted octanol–water partition coefficient (Wildman–Crippen LogP) is -6.03. The molecule has 422 valence electrons. The maximum atomic E-state index is 14.1. The maximum Gasteiger partial charge on any atom is 0.364 e. The molecule has 15 unspecified atom stereocenters. The van der Waals surface area contributed by atoms with Gasteiger partial charge in [-0.25, -0.2) is 4.79 Å². The van der Waals surface area contributed by atoms with Gasteiger partial charge in [0.1, 0.15) is 91.5 Å². The Hall–Kier alpha value is -3.70. The van der Waals surface area contributed by atoms with Gasteiger partial charge in [0.05, 0.1) is 45.7 Å². The molecule has 0 bridgehead atoms. The van der Waals surface area contributed by atoms with Crippen molar-refractivity contribution in [3.63, 3.8) is 0 Å². The molecule has 4 aliphatic rings. The van der Waals surface area contributed by atoms with Gasteiger partial charge in [-0.05, 0) is 25.0 Å². The van der Waals surface area contributed by atoms with Crippen molar-refractivity contribution in [2.75, 3.05) is 40.1 Å². The van der Waals surface area contributed by atoms with Gasteiger partial charge >= 0.3 is 11.9 Å². The summed E-state index contributed by atoms with van der Waals surface area (Å²) in [7, 11) is 1.31. The zero-order valence-corrected chi connectivity index (χ0v) is 40.7. The quantitative estimate of drug-likeness (QED) is 0.0303. The van der Waals surface area contributed by atoms with Gasteiger partial charge in [-0.15, -0.1) is 0 Å². The summed E-state index contributed by atoms with van der Waals surface area (Å²) in [6.45, 7) is -3.05. The molecule has 1 aromatic rings. The maximum absolute atomic E-state index is 14.1. The zero-order valence-electron chi connectivity index (χ0n) is 40.7. The minimum absolute atomic E-state index is 0.0399. The normalized spacial score (nSPS) is 37.3. The van der Waals surface area contributed by atoms with E-state index in [-0.39, 0.29) is 24.6 Å². The Morgan fingerprint density at radius 2 is 1.27 bits per heavy atom. The smallest absolute Gasteiger partial charge is 0.364 e. The summed E-state index contributed by atoms with van der Waals surface area (Å²) >= 11 is 0. The summed E-state index contributed by atoms with van der Waals surface area (Å²) < 4.78 is 52.7. The second-order valence-electron chi connectivity index (χ2n) is 18.5. The van der Waals surface area contributed by atoms with Crippen LogP contribution >= 0.6 is 0 Å². The molecule has 0 radical (unpaired) electrons. The van der Waals surface area contributed by atoms with E-state index in [2.05, 4.69) is 15.4 Å².